The number of nitrogens with zero attached hydrogens (tertiary/aromatic N) is 1. The lowest BCUT2D eigenvalue weighted by molar-refractivity contribution is -0.144. The molecule has 2 aromatic heterocycles. The van der Waals surface area contributed by atoms with Gasteiger partial charge < -0.3 is 18.5 Å². The van der Waals surface area contributed by atoms with Crippen molar-refractivity contribution in [1.29, 1.82) is 0 Å². The number of aromatic nitrogens is 1. The topological polar surface area (TPSA) is 87.7 Å². The monoisotopic (exact) mass is 471 g/mol. The van der Waals surface area contributed by atoms with E-state index in [9.17, 15) is 14.4 Å². The normalized spacial score (nSPS) is 10.7. The highest BCUT2D eigenvalue weighted by molar-refractivity contribution is 6.09. The van der Waals surface area contributed by atoms with Gasteiger partial charge in [-0.25, -0.2) is 4.79 Å². The molecular weight excluding hydrogens is 446 g/mol. The van der Waals surface area contributed by atoms with Crippen LogP contribution in [0.2, 0.25) is 0 Å². The highest BCUT2D eigenvalue weighted by atomic mass is 16.6. The van der Waals surface area contributed by atoms with Crippen molar-refractivity contribution in [2.24, 2.45) is 0 Å². The average molecular weight is 472 g/mol. The summed E-state index contributed by atoms with van der Waals surface area (Å²) in [6.07, 6.45) is 1.61. The number of hydrogen-bond acceptors (Lipinski definition) is 6. The molecule has 0 fully saturated rings. The van der Waals surface area contributed by atoms with Gasteiger partial charge in [-0.2, -0.15) is 0 Å². The quantitative estimate of drug-likeness (QED) is 0.244. The lowest BCUT2D eigenvalue weighted by Gasteiger charge is -2.09. The number of aryl methyl sites for hydroxylation is 1. The van der Waals surface area contributed by atoms with Gasteiger partial charge in [0.05, 0.1) is 12.8 Å². The van der Waals surface area contributed by atoms with Crippen LogP contribution in [0.5, 0.6) is 5.75 Å². The Morgan fingerprint density at radius 1 is 0.857 bits per heavy atom. The van der Waals surface area contributed by atoms with E-state index in [1.807, 2.05) is 36.6 Å². The first-order valence-corrected chi connectivity index (χ1v) is 11.1. The van der Waals surface area contributed by atoms with Gasteiger partial charge in [-0.15, -0.1) is 0 Å². The number of esters is 1. The Morgan fingerprint density at radius 3 is 2.26 bits per heavy atom. The van der Waals surface area contributed by atoms with Crippen molar-refractivity contribution in [2.75, 3.05) is 13.2 Å². The summed E-state index contributed by atoms with van der Waals surface area (Å²) in [5, 5.41) is 0. The van der Waals surface area contributed by atoms with Crippen molar-refractivity contribution in [1.82, 2.24) is 4.57 Å². The fourth-order valence-electron chi connectivity index (χ4n) is 3.75. The first kappa shape index (κ1) is 23.8. The van der Waals surface area contributed by atoms with Crippen LogP contribution >= 0.6 is 0 Å². The number of hydrogen-bond donors (Lipinski definition) is 0. The van der Waals surface area contributed by atoms with Crippen molar-refractivity contribution in [3.05, 3.63) is 113 Å². The smallest absolute Gasteiger partial charge is 0.344 e. The maximum absolute atomic E-state index is 12.6. The van der Waals surface area contributed by atoms with E-state index in [1.165, 1.54) is 0 Å². The summed E-state index contributed by atoms with van der Waals surface area (Å²) < 4.78 is 17.9. The third-order valence-corrected chi connectivity index (χ3v) is 5.64. The third-order valence-electron chi connectivity index (χ3n) is 5.64. The summed E-state index contributed by atoms with van der Waals surface area (Å²) in [5.74, 6) is 0.151. The Bertz CT molecular complexity index is 1320. The molecule has 0 aliphatic rings. The molecule has 0 unspecified atom stereocenters. The van der Waals surface area contributed by atoms with Crippen molar-refractivity contribution in [2.45, 2.75) is 20.4 Å². The Hall–Kier alpha value is -4.39. The number of rotatable bonds is 10. The van der Waals surface area contributed by atoms with E-state index < -0.39 is 5.97 Å². The molecule has 0 saturated carbocycles. The maximum Gasteiger partial charge on any atom is 0.344 e. The number of furan rings is 1. The van der Waals surface area contributed by atoms with E-state index in [2.05, 4.69) is 0 Å². The highest BCUT2D eigenvalue weighted by Gasteiger charge is 2.18. The molecular formula is C28H25NO6. The molecule has 0 bridgehead atoms. The van der Waals surface area contributed by atoms with Gasteiger partial charge in [0.1, 0.15) is 11.5 Å². The van der Waals surface area contributed by atoms with Gasteiger partial charge in [0, 0.05) is 28.1 Å². The lowest BCUT2D eigenvalue weighted by Crippen LogP contribution is -2.20. The summed E-state index contributed by atoms with van der Waals surface area (Å²) in [5.41, 5.74) is 3.30. The minimum Gasteiger partial charge on any atom is -0.482 e. The molecule has 4 rings (SSSR count). The van der Waals surface area contributed by atoms with Crippen LogP contribution in [-0.2, 0) is 16.1 Å². The SMILES string of the molecule is Cc1cc(C(=O)COC(=O)COc2ccc(C(=O)c3ccccc3)cc2)c(C)n1Cc1ccco1. The Labute approximate surface area is 202 Å². The lowest BCUT2D eigenvalue weighted by atomic mass is 10.0. The van der Waals surface area contributed by atoms with Gasteiger partial charge in [0.2, 0.25) is 5.78 Å². The van der Waals surface area contributed by atoms with Gasteiger partial charge in [-0.1, -0.05) is 30.3 Å². The summed E-state index contributed by atoms with van der Waals surface area (Å²) in [6, 6.07) is 20.9. The number of ketones is 2. The number of benzene rings is 2. The van der Waals surface area contributed by atoms with E-state index in [1.54, 1.807) is 60.9 Å². The van der Waals surface area contributed by atoms with E-state index in [-0.39, 0.29) is 24.8 Å². The standard InChI is InChI=1S/C28H25NO6/c1-19-15-25(20(2)29(19)16-24-9-6-14-33-24)26(30)17-35-27(31)18-34-23-12-10-22(11-13-23)28(32)21-7-4-3-5-8-21/h3-15H,16-18H2,1-2H3. The Morgan fingerprint density at radius 2 is 1.57 bits per heavy atom. The largest absolute Gasteiger partial charge is 0.482 e. The number of carbonyl (C=O) groups is 3. The van der Waals surface area contributed by atoms with Crippen molar-refractivity contribution >= 4 is 17.5 Å². The predicted octanol–water partition coefficient (Wildman–Crippen LogP) is 4.78. The first-order valence-electron chi connectivity index (χ1n) is 11.1. The van der Waals surface area contributed by atoms with Gasteiger partial charge in [-0.05, 0) is 56.3 Å². The maximum atomic E-state index is 12.6. The zero-order valence-electron chi connectivity index (χ0n) is 19.5. The molecule has 0 atom stereocenters. The molecule has 2 aromatic carbocycles. The van der Waals surface area contributed by atoms with Crippen molar-refractivity contribution < 1.29 is 28.3 Å². The average Bonchev–Trinajstić information content (AvgIpc) is 3.50. The second-order valence-corrected chi connectivity index (χ2v) is 8.04. The second kappa shape index (κ2) is 10.7. The fraction of sp³-hybridized carbons (Fsp3) is 0.179. The highest BCUT2D eigenvalue weighted by Crippen LogP contribution is 2.19. The predicted molar refractivity (Wildman–Crippen MR) is 129 cm³/mol. The Balaban J connectivity index is 1.27. The van der Waals surface area contributed by atoms with E-state index in [0.717, 1.165) is 17.1 Å². The summed E-state index contributed by atoms with van der Waals surface area (Å²) >= 11 is 0. The zero-order chi connectivity index (χ0) is 24.8. The molecule has 2 heterocycles. The first-order chi connectivity index (χ1) is 16.9. The molecule has 0 amide bonds. The van der Waals surface area contributed by atoms with Crippen LogP contribution in [0.4, 0.5) is 0 Å². The fourth-order valence-corrected chi connectivity index (χ4v) is 3.75. The van der Waals surface area contributed by atoms with Gasteiger partial charge >= 0.3 is 5.97 Å². The molecule has 178 valence electrons. The number of Topliss-reactive ketones (excluding diaryl/α,β-unsaturated/α-hetero) is 1. The molecule has 0 spiro atoms. The van der Waals surface area contributed by atoms with Crippen LogP contribution in [0.1, 0.15) is 43.4 Å². The van der Waals surface area contributed by atoms with Crippen LogP contribution in [0.15, 0.2) is 83.5 Å². The molecule has 0 aliphatic carbocycles. The van der Waals surface area contributed by atoms with E-state index in [0.29, 0.717) is 29.0 Å². The Kier molecular flexibility index (Phi) is 7.26. The molecule has 7 heteroatoms. The molecule has 7 nitrogen and oxygen atoms in total. The van der Waals surface area contributed by atoms with Gasteiger partial charge in [0.25, 0.3) is 0 Å². The van der Waals surface area contributed by atoms with E-state index in [4.69, 9.17) is 13.9 Å². The van der Waals surface area contributed by atoms with Crippen molar-refractivity contribution in [3.8, 4) is 5.75 Å². The van der Waals surface area contributed by atoms with Crippen molar-refractivity contribution in [3.63, 3.8) is 0 Å². The minimum atomic E-state index is -0.660. The molecule has 35 heavy (non-hydrogen) atoms. The van der Waals surface area contributed by atoms with Crippen LogP contribution in [0.25, 0.3) is 0 Å². The molecule has 4 aromatic rings. The number of carbonyl (C=O) groups excluding carboxylic acids is 3. The van der Waals surface area contributed by atoms with Crippen LogP contribution in [0.3, 0.4) is 0 Å². The zero-order valence-corrected chi connectivity index (χ0v) is 19.5. The molecule has 0 radical (unpaired) electrons. The number of ether oxygens (including phenoxy) is 2. The van der Waals surface area contributed by atoms with Crippen LogP contribution < -0.4 is 4.74 Å². The third kappa shape index (κ3) is 5.76. The molecule has 0 N–H and O–H groups in total. The summed E-state index contributed by atoms with van der Waals surface area (Å²) in [7, 11) is 0. The van der Waals surface area contributed by atoms with E-state index >= 15 is 0 Å². The molecule has 0 aliphatic heterocycles. The second-order valence-electron chi connectivity index (χ2n) is 8.04. The summed E-state index contributed by atoms with van der Waals surface area (Å²) in [4.78, 5) is 37.2. The minimum absolute atomic E-state index is 0.0985. The van der Waals surface area contributed by atoms with Gasteiger partial charge in [-0.3, -0.25) is 9.59 Å². The van der Waals surface area contributed by atoms with Gasteiger partial charge in [0.15, 0.2) is 19.0 Å². The van der Waals surface area contributed by atoms with Crippen LogP contribution in [-0.4, -0.2) is 35.3 Å². The summed E-state index contributed by atoms with van der Waals surface area (Å²) in [6.45, 7) is 3.54. The molecule has 0 saturated heterocycles. The van der Waals surface area contributed by atoms with Crippen LogP contribution in [0, 0.1) is 13.8 Å².